The molecule has 1 saturated heterocycles. The van der Waals surface area contributed by atoms with Gasteiger partial charge in [-0.3, -0.25) is 10.2 Å². The van der Waals surface area contributed by atoms with Crippen LogP contribution in [0.1, 0.15) is 18.0 Å². The summed E-state index contributed by atoms with van der Waals surface area (Å²) in [7, 11) is 0. The van der Waals surface area contributed by atoms with E-state index in [0.717, 1.165) is 16.6 Å². The van der Waals surface area contributed by atoms with Crippen LogP contribution in [0.5, 0.6) is 0 Å². The number of nitrogens with one attached hydrogen (secondary N) is 3. The van der Waals surface area contributed by atoms with Crippen molar-refractivity contribution < 1.29 is 9.18 Å². The molecule has 160 valence electrons. The number of benzene rings is 2. The highest BCUT2D eigenvalue weighted by molar-refractivity contribution is 8.14. The van der Waals surface area contributed by atoms with Crippen molar-refractivity contribution in [3.05, 3.63) is 77.3 Å². The van der Waals surface area contributed by atoms with Crippen LogP contribution in [-0.4, -0.2) is 38.9 Å². The molecule has 0 aromatic heterocycles. The third kappa shape index (κ3) is 4.21. The van der Waals surface area contributed by atoms with Gasteiger partial charge in [0.1, 0.15) is 12.0 Å². The molecule has 0 bridgehead atoms. The Morgan fingerprint density at radius 2 is 1.97 bits per heavy atom. The fraction of sp³-hybridized carbons (Fsp3) is 0.238. The van der Waals surface area contributed by atoms with Crippen LogP contribution in [0.25, 0.3) is 0 Å². The summed E-state index contributed by atoms with van der Waals surface area (Å²) in [6.45, 7) is 0. The number of carbonyl (C=O) groups is 1. The predicted octanol–water partition coefficient (Wildman–Crippen LogP) is 3.46. The molecule has 3 aliphatic rings. The van der Waals surface area contributed by atoms with E-state index < -0.39 is 0 Å². The monoisotopic (exact) mass is 458 g/mol. The van der Waals surface area contributed by atoms with Gasteiger partial charge in [0.05, 0.1) is 17.8 Å². The second-order valence-electron chi connectivity index (χ2n) is 7.46. The zero-order valence-corrected chi connectivity index (χ0v) is 17.9. The van der Waals surface area contributed by atoms with Gasteiger partial charge < -0.3 is 15.2 Å². The highest BCUT2D eigenvalue weighted by Crippen LogP contribution is 2.35. The summed E-state index contributed by atoms with van der Waals surface area (Å²) < 4.78 is 13.0. The molecule has 0 aliphatic carbocycles. The van der Waals surface area contributed by atoms with E-state index in [0.29, 0.717) is 5.69 Å². The van der Waals surface area contributed by atoms with Gasteiger partial charge in [-0.1, -0.05) is 35.5 Å². The number of amidine groups is 1. The van der Waals surface area contributed by atoms with Crippen LogP contribution in [-0.2, 0) is 4.79 Å². The molecule has 3 N–H and O–H groups in total. The van der Waals surface area contributed by atoms with E-state index in [-0.39, 0.29) is 35.7 Å². The zero-order chi connectivity index (χ0) is 21.4. The lowest BCUT2D eigenvalue weighted by molar-refractivity contribution is -0.113. The molecule has 1 amide bonds. The molecule has 7 nitrogen and oxygen atoms in total. The summed E-state index contributed by atoms with van der Waals surface area (Å²) in [4.78, 5) is 14.3. The van der Waals surface area contributed by atoms with E-state index >= 15 is 0 Å². The number of carbonyl (C=O) groups excluding carboxylic acids is 1. The first-order valence-corrected chi connectivity index (χ1v) is 11.2. The van der Waals surface area contributed by atoms with E-state index in [1.807, 2.05) is 36.7 Å². The molecule has 0 saturated carbocycles. The minimum Gasteiger partial charge on any atom is -0.325 e. The first-order valence-electron chi connectivity index (χ1n) is 9.85. The first-order chi connectivity index (χ1) is 15.1. The average Bonchev–Trinajstić information content (AvgIpc) is 3.38. The molecule has 2 aromatic carbocycles. The number of amides is 1. The van der Waals surface area contributed by atoms with Gasteiger partial charge in [-0.15, -0.1) is 0 Å². The second kappa shape index (κ2) is 8.41. The third-order valence-electron chi connectivity index (χ3n) is 5.44. The summed E-state index contributed by atoms with van der Waals surface area (Å²) in [5.74, 6) is -0.305. The molecule has 2 aromatic rings. The molecule has 5 rings (SSSR count). The summed E-state index contributed by atoms with van der Waals surface area (Å²) in [5, 5.41) is 10.8. The normalized spacial score (nSPS) is 23.8. The lowest BCUT2D eigenvalue weighted by atomic mass is 10.00. The van der Waals surface area contributed by atoms with Gasteiger partial charge in [0, 0.05) is 23.1 Å². The molecule has 1 fully saturated rings. The number of hydrogen-bond donors (Lipinski definition) is 3. The van der Waals surface area contributed by atoms with Gasteiger partial charge in [-0.05, 0) is 48.4 Å². The lowest BCUT2D eigenvalue weighted by Crippen LogP contribution is -2.54. The van der Waals surface area contributed by atoms with Crippen molar-refractivity contribution in [2.75, 3.05) is 11.1 Å². The minimum absolute atomic E-state index is 0.0162. The van der Waals surface area contributed by atoms with Gasteiger partial charge in [-0.25, -0.2) is 9.82 Å². The van der Waals surface area contributed by atoms with Crippen LogP contribution < -0.4 is 16.2 Å². The fourth-order valence-electron chi connectivity index (χ4n) is 3.92. The Labute approximate surface area is 188 Å². The Bertz CT molecular complexity index is 1030. The fourth-order valence-corrected chi connectivity index (χ4v) is 4.82. The molecule has 0 spiro atoms. The number of hydrazine groups is 1. The van der Waals surface area contributed by atoms with Gasteiger partial charge in [0.25, 0.3) is 0 Å². The van der Waals surface area contributed by atoms with Crippen molar-refractivity contribution in [3.63, 3.8) is 0 Å². The summed E-state index contributed by atoms with van der Waals surface area (Å²) >= 11 is 7.37. The van der Waals surface area contributed by atoms with E-state index in [2.05, 4.69) is 31.2 Å². The number of rotatable bonds is 4. The Hall–Kier alpha value is -2.75. The Morgan fingerprint density at radius 1 is 1.19 bits per heavy atom. The maximum atomic E-state index is 13.0. The van der Waals surface area contributed by atoms with Crippen LogP contribution in [0.3, 0.4) is 0 Å². The summed E-state index contributed by atoms with van der Waals surface area (Å²) in [5.41, 5.74) is 8.48. The summed E-state index contributed by atoms with van der Waals surface area (Å²) in [6, 6.07) is 14.0. The Balaban J connectivity index is 1.18. The predicted molar refractivity (Wildman–Crippen MR) is 120 cm³/mol. The zero-order valence-electron chi connectivity index (χ0n) is 16.3. The number of nitrogens with zero attached hydrogens (tertiary/aromatic N) is 3. The van der Waals surface area contributed by atoms with Crippen molar-refractivity contribution in [1.29, 1.82) is 0 Å². The number of hydrazone groups is 1. The first kappa shape index (κ1) is 20.2. The van der Waals surface area contributed by atoms with Crippen LogP contribution in [0, 0.1) is 5.82 Å². The molecule has 3 aliphatic heterocycles. The minimum atomic E-state index is -0.338. The second-order valence-corrected chi connectivity index (χ2v) is 8.84. The molecule has 31 heavy (non-hydrogen) atoms. The highest BCUT2D eigenvalue weighted by Gasteiger charge is 2.44. The van der Waals surface area contributed by atoms with Crippen molar-refractivity contribution in [1.82, 2.24) is 20.8 Å². The Morgan fingerprint density at radius 3 is 2.74 bits per heavy atom. The molecule has 3 heterocycles. The van der Waals surface area contributed by atoms with E-state index in [1.54, 1.807) is 0 Å². The van der Waals surface area contributed by atoms with Gasteiger partial charge in [0.15, 0.2) is 5.17 Å². The molecule has 3 atom stereocenters. The number of anilines is 1. The van der Waals surface area contributed by atoms with Crippen LogP contribution in [0.4, 0.5) is 10.1 Å². The van der Waals surface area contributed by atoms with Crippen molar-refractivity contribution in [3.8, 4) is 0 Å². The van der Waals surface area contributed by atoms with Crippen molar-refractivity contribution in [2.45, 2.75) is 24.7 Å². The molecular formula is C21H20ClFN6OS. The van der Waals surface area contributed by atoms with Crippen molar-refractivity contribution in [2.24, 2.45) is 5.10 Å². The van der Waals surface area contributed by atoms with E-state index in [1.165, 1.54) is 41.6 Å². The SMILES string of the molecule is O=C(CSC1=NNC2C3CC(c4ccc(Cl)cc4)NN3C=CN12)Nc1ccc(F)cc1. The largest absolute Gasteiger partial charge is 0.325 e. The lowest BCUT2D eigenvalue weighted by Gasteiger charge is -2.36. The molecule has 10 heteroatoms. The number of thioether (sulfide) groups is 1. The smallest absolute Gasteiger partial charge is 0.234 e. The van der Waals surface area contributed by atoms with Gasteiger partial charge in [-0.2, -0.15) is 5.10 Å². The molecule has 3 unspecified atom stereocenters. The topological polar surface area (TPSA) is 72.0 Å². The Kier molecular flexibility index (Phi) is 5.47. The van der Waals surface area contributed by atoms with E-state index in [9.17, 15) is 9.18 Å². The van der Waals surface area contributed by atoms with Crippen LogP contribution in [0.2, 0.25) is 5.02 Å². The number of halogens is 2. The van der Waals surface area contributed by atoms with E-state index in [4.69, 9.17) is 11.6 Å². The molecular weight excluding hydrogens is 439 g/mol. The van der Waals surface area contributed by atoms with Crippen molar-refractivity contribution >= 4 is 40.1 Å². The van der Waals surface area contributed by atoms with Gasteiger partial charge >= 0.3 is 0 Å². The standard InChI is InChI=1S/C21H20ClFN6OS/c22-14-3-1-13(2-4-14)17-11-18-20-25-26-21(28(20)9-10-29(18)27-17)31-12-19(30)24-16-7-5-15(23)6-8-16/h1-10,17-18,20,25,27H,11-12H2,(H,24,30). The van der Waals surface area contributed by atoms with Crippen LogP contribution in [0.15, 0.2) is 66.0 Å². The summed E-state index contributed by atoms with van der Waals surface area (Å²) in [6.07, 6.45) is 4.84. The maximum Gasteiger partial charge on any atom is 0.234 e. The quantitative estimate of drug-likeness (QED) is 0.651. The highest BCUT2D eigenvalue weighted by atomic mass is 35.5. The average molecular weight is 459 g/mol. The third-order valence-corrected chi connectivity index (χ3v) is 6.66. The molecule has 0 radical (unpaired) electrons. The maximum absolute atomic E-state index is 13.0. The van der Waals surface area contributed by atoms with Gasteiger partial charge in [0.2, 0.25) is 5.91 Å². The number of fused-ring (bicyclic) bond motifs is 3. The van der Waals surface area contributed by atoms with Crippen LogP contribution >= 0.6 is 23.4 Å². The number of hydrogen-bond acceptors (Lipinski definition) is 7.